The van der Waals surface area contributed by atoms with Crippen molar-refractivity contribution in [2.24, 2.45) is 5.73 Å². The molecule has 0 aromatic carbocycles. The third-order valence-corrected chi connectivity index (χ3v) is 2.01. The van der Waals surface area contributed by atoms with E-state index in [2.05, 4.69) is 15.0 Å². The van der Waals surface area contributed by atoms with Gasteiger partial charge in [0.2, 0.25) is 0 Å². The Hall–Kier alpha value is -1.43. The molecule has 0 aliphatic heterocycles. The summed E-state index contributed by atoms with van der Waals surface area (Å²) in [4.78, 5) is 11.8. The molecule has 0 aliphatic rings. The molecule has 82 valence electrons. The lowest BCUT2D eigenvalue weighted by Gasteiger charge is -2.01. The highest BCUT2D eigenvalue weighted by molar-refractivity contribution is 7.80. The van der Waals surface area contributed by atoms with E-state index in [1.807, 2.05) is 0 Å². The molecule has 15 heavy (non-hydrogen) atoms. The molecular weight excluding hydrogens is 214 g/mol. The number of thiocarbonyl (C=S) groups is 1. The topological polar surface area (TPSA) is 81.1 Å². The summed E-state index contributed by atoms with van der Waals surface area (Å²) in [5, 5.41) is 6.23. The molecule has 0 saturated heterocycles. The summed E-state index contributed by atoms with van der Waals surface area (Å²) in [6.45, 7) is 0.592. The smallest absolute Gasteiger partial charge is 0.273 e. The second-order valence-electron chi connectivity index (χ2n) is 3.06. The second kappa shape index (κ2) is 6.13. The molecular formula is C9H13N3O2S. The first kappa shape index (κ1) is 11.6. The number of hydrogen-bond acceptors (Lipinski definition) is 4. The average Bonchev–Trinajstić information content (AvgIpc) is 2.69. The van der Waals surface area contributed by atoms with Gasteiger partial charge in [-0.3, -0.25) is 4.79 Å². The number of nitrogens with two attached hydrogens (primary N) is 1. The van der Waals surface area contributed by atoms with Gasteiger partial charge in [-0.15, -0.1) is 0 Å². The van der Waals surface area contributed by atoms with Crippen LogP contribution in [0.1, 0.15) is 29.8 Å². The van der Waals surface area contributed by atoms with Crippen LogP contribution >= 0.6 is 12.2 Å². The first-order valence-electron chi connectivity index (χ1n) is 4.67. The summed E-state index contributed by atoms with van der Waals surface area (Å²) in [6.07, 6.45) is 3.81. The molecule has 0 atom stereocenters. The zero-order valence-electron chi connectivity index (χ0n) is 8.23. The molecule has 3 N–H and O–H groups in total. The van der Waals surface area contributed by atoms with E-state index in [-0.39, 0.29) is 5.91 Å². The highest BCUT2D eigenvalue weighted by Gasteiger charge is 2.06. The molecule has 5 nitrogen and oxygen atoms in total. The average molecular weight is 227 g/mol. The van der Waals surface area contributed by atoms with Gasteiger partial charge in [0, 0.05) is 12.6 Å². The van der Waals surface area contributed by atoms with E-state index in [1.54, 1.807) is 0 Å². The molecule has 0 aliphatic carbocycles. The minimum absolute atomic E-state index is 0.223. The van der Waals surface area contributed by atoms with Gasteiger partial charge in [0.15, 0.2) is 5.69 Å². The monoisotopic (exact) mass is 227 g/mol. The Morgan fingerprint density at radius 1 is 1.60 bits per heavy atom. The van der Waals surface area contributed by atoms with Crippen molar-refractivity contribution in [2.45, 2.75) is 19.3 Å². The molecule has 0 bridgehead atoms. The first-order chi connectivity index (χ1) is 7.20. The molecule has 1 heterocycles. The normalized spacial score (nSPS) is 9.87. The van der Waals surface area contributed by atoms with E-state index in [0.717, 1.165) is 19.3 Å². The number of nitrogens with one attached hydrogen (secondary N) is 1. The third-order valence-electron chi connectivity index (χ3n) is 1.81. The largest absolute Gasteiger partial charge is 0.393 e. The number of carbonyl (C=O) groups is 1. The number of rotatable bonds is 6. The van der Waals surface area contributed by atoms with Crippen molar-refractivity contribution in [1.29, 1.82) is 0 Å². The zero-order chi connectivity index (χ0) is 11.1. The summed E-state index contributed by atoms with van der Waals surface area (Å²) >= 11 is 4.73. The van der Waals surface area contributed by atoms with Crippen LogP contribution in [0.5, 0.6) is 0 Å². The second-order valence-corrected chi connectivity index (χ2v) is 3.59. The fourth-order valence-electron chi connectivity index (χ4n) is 1.05. The SMILES string of the molecule is NC(=S)CCCCNC(=O)c1ccon1. The Morgan fingerprint density at radius 2 is 2.40 bits per heavy atom. The maximum atomic E-state index is 11.3. The van der Waals surface area contributed by atoms with Crippen LogP contribution in [0.4, 0.5) is 0 Å². The van der Waals surface area contributed by atoms with E-state index < -0.39 is 0 Å². The Labute approximate surface area is 93.0 Å². The van der Waals surface area contributed by atoms with Crippen molar-refractivity contribution in [3.8, 4) is 0 Å². The molecule has 1 aromatic rings. The molecule has 1 amide bonds. The maximum absolute atomic E-state index is 11.3. The zero-order valence-corrected chi connectivity index (χ0v) is 9.05. The minimum atomic E-state index is -0.223. The van der Waals surface area contributed by atoms with Crippen LogP contribution in [-0.2, 0) is 0 Å². The van der Waals surface area contributed by atoms with Crippen LogP contribution in [0.2, 0.25) is 0 Å². The van der Waals surface area contributed by atoms with E-state index >= 15 is 0 Å². The molecule has 1 aromatic heterocycles. The predicted molar refractivity (Wildman–Crippen MR) is 59.5 cm³/mol. The summed E-state index contributed by atoms with van der Waals surface area (Å²) < 4.78 is 4.55. The molecule has 0 radical (unpaired) electrons. The quantitative estimate of drug-likeness (QED) is 0.556. The van der Waals surface area contributed by atoms with E-state index in [0.29, 0.717) is 17.2 Å². The molecule has 1 rings (SSSR count). The van der Waals surface area contributed by atoms with Gasteiger partial charge in [-0.2, -0.15) is 0 Å². The van der Waals surface area contributed by atoms with Crippen LogP contribution < -0.4 is 11.1 Å². The van der Waals surface area contributed by atoms with Gasteiger partial charge in [0.05, 0.1) is 4.99 Å². The van der Waals surface area contributed by atoms with Gasteiger partial charge in [0.1, 0.15) is 6.26 Å². The Balaban J connectivity index is 2.10. The van der Waals surface area contributed by atoms with Gasteiger partial charge in [-0.05, 0) is 19.3 Å². The summed E-state index contributed by atoms with van der Waals surface area (Å²) in [6, 6.07) is 1.52. The number of hydrogen-bond donors (Lipinski definition) is 2. The molecule has 0 spiro atoms. The minimum Gasteiger partial charge on any atom is -0.393 e. The number of amides is 1. The van der Waals surface area contributed by atoms with Crippen molar-refractivity contribution >= 4 is 23.1 Å². The summed E-state index contributed by atoms with van der Waals surface area (Å²) in [5.41, 5.74) is 5.63. The number of nitrogens with zero attached hydrogens (tertiary/aromatic N) is 1. The number of unbranched alkanes of at least 4 members (excludes halogenated alkanes) is 1. The molecule has 0 unspecified atom stereocenters. The third kappa shape index (κ3) is 4.55. The van der Waals surface area contributed by atoms with Crippen molar-refractivity contribution in [1.82, 2.24) is 10.5 Å². The van der Waals surface area contributed by atoms with Crippen molar-refractivity contribution < 1.29 is 9.32 Å². The highest BCUT2D eigenvalue weighted by atomic mass is 32.1. The van der Waals surface area contributed by atoms with Crippen molar-refractivity contribution in [3.05, 3.63) is 18.0 Å². The standard InChI is InChI=1S/C9H13N3O2S/c10-8(15)3-1-2-5-11-9(13)7-4-6-14-12-7/h4,6H,1-3,5H2,(H2,10,15)(H,11,13). The van der Waals surface area contributed by atoms with E-state index in [9.17, 15) is 4.79 Å². The Bertz CT molecular complexity index is 324. The van der Waals surface area contributed by atoms with Gasteiger partial charge in [-0.25, -0.2) is 0 Å². The Kier molecular flexibility index (Phi) is 4.76. The number of aromatic nitrogens is 1. The van der Waals surface area contributed by atoms with E-state index in [1.165, 1.54) is 12.3 Å². The first-order valence-corrected chi connectivity index (χ1v) is 5.08. The summed E-state index contributed by atoms with van der Waals surface area (Å²) in [7, 11) is 0. The van der Waals surface area contributed by atoms with Gasteiger partial charge in [0.25, 0.3) is 5.91 Å². The van der Waals surface area contributed by atoms with Crippen molar-refractivity contribution in [2.75, 3.05) is 6.54 Å². The van der Waals surface area contributed by atoms with Gasteiger partial charge in [-0.1, -0.05) is 17.4 Å². The fraction of sp³-hybridized carbons (Fsp3) is 0.444. The molecule has 0 saturated carbocycles. The maximum Gasteiger partial charge on any atom is 0.273 e. The lowest BCUT2D eigenvalue weighted by atomic mass is 10.2. The van der Waals surface area contributed by atoms with Gasteiger partial charge >= 0.3 is 0 Å². The fourth-order valence-corrected chi connectivity index (χ4v) is 1.19. The van der Waals surface area contributed by atoms with Crippen LogP contribution in [0, 0.1) is 0 Å². The predicted octanol–water partition coefficient (Wildman–Crippen LogP) is 0.861. The lowest BCUT2D eigenvalue weighted by Crippen LogP contribution is -2.24. The van der Waals surface area contributed by atoms with Gasteiger partial charge < -0.3 is 15.6 Å². The Morgan fingerprint density at radius 3 is 3.00 bits per heavy atom. The highest BCUT2D eigenvalue weighted by Crippen LogP contribution is 1.96. The van der Waals surface area contributed by atoms with E-state index in [4.69, 9.17) is 18.0 Å². The number of carbonyl (C=O) groups excluding carboxylic acids is 1. The lowest BCUT2D eigenvalue weighted by molar-refractivity contribution is 0.0944. The van der Waals surface area contributed by atoms with Crippen LogP contribution in [0.3, 0.4) is 0 Å². The molecule has 0 fully saturated rings. The van der Waals surface area contributed by atoms with Crippen LogP contribution in [0.25, 0.3) is 0 Å². The van der Waals surface area contributed by atoms with Crippen molar-refractivity contribution in [3.63, 3.8) is 0 Å². The summed E-state index contributed by atoms with van der Waals surface area (Å²) in [5.74, 6) is -0.223. The van der Waals surface area contributed by atoms with Crippen LogP contribution in [-0.4, -0.2) is 22.6 Å². The van der Waals surface area contributed by atoms with Crippen LogP contribution in [0.15, 0.2) is 16.9 Å². The molecule has 6 heteroatoms.